The highest BCUT2D eigenvalue weighted by molar-refractivity contribution is 5.94. The minimum atomic E-state index is -0.432. The summed E-state index contributed by atoms with van der Waals surface area (Å²) in [7, 11) is 0. The number of nitrogens with one attached hydrogen (secondary N) is 2. The number of carbonyl (C=O) groups excluding carboxylic acids is 2. The van der Waals surface area contributed by atoms with Crippen LogP contribution in [0.5, 0.6) is 0 Å². The van der Waals surface area contributed by atoms with Gasteiger partial charge in [-0.2, -0.15) is 0 Å². The molecule has 2 amide bonds. The zero-order chi connectivity index (χ0) is 19.8. The number of ether oxygens (including phenoxy) is 1. The van der Waals surface area contributed by atoms with Crippen LogP contribution >= 0.6 is 0 Å². The molecule has 1 aromatic heterocycles. The van der Waals surface area contributed by atoms with Crippen LogP contribution in [-0.2, 0) is 9.53 Å². The third-order valence-corrected chi connectivity index (χ3v) is 5.80. The van der Waals surface area contributed by atoms with Gasteiger partial charge in [-0.1, -0.05) is 19.3 Å². The standard InChI is InChI=1S/C21H31N3O4/c25-14-19-18(24-21(27)16-8-11-22-12-9-16)7-6-17(28-19)10-13-23-20(26)15-4-2-1-3-5-15/h8-9,11-12,15,17-19,25H,1-7,10,13-14H2,(H,23,26)(H,24,27)/t17-,18+,19+/m0/s1. The van der Waals surface area contributed by atoms with Crippen molar-refractivity contribution in [2.24, 2.45) is 5.92 Å². The van der Waals surface area contributed by atoms with Gasteiger partial charge in [0, 0.05) is 30.4 Å². The molecule has 0 radical (unpaired) electrons. The molecule has 1 saturated heterocycles. The Hall–Kier alpha value is -1.99. The molecule has 3 atom stereocenters. The van der Waals surface area contributed by atoms with Crippen LogP contribution in [0.15, 0.2) is 24.5 Å². The van der Waals surface area contributed by atoms with Crippen LogP contribution in [0.4, 0.5) is 0 Å². The molecular weight excluding hydrogens is 358 g/mol. The number of rotatable bonds is 7. The predicted octanol–water partition coefficient (Wildman–Crippen LogP) is 1.81. The highest BCUT2D eigenvalue weighted by atomic mass is 16.5. The lowest BCUT2D eigenvalue weighted by Gasteiger charge is -2.36. The number of carbonyl (C=O) groups is 2. The number of pyridine rings is 1. The third-order valence-electron chi connectivity index (χ3n) is 5.80. The fourth-order valence-corrected chi connectivity index (χ4v) is 4.13. The van der Waals surface area contributed by atoms with E-state index in [4.69, 9.17) is 4.74 Å². The molecule has 3 rings (SSSR count). The Labute approximate surface area is 166 Å². The van der Waals surface area contributed by atoms with Crippen LogP contribution in [0.1, 0.15) is 61.7 Å². The smallest absolute Gasteiger partial charge is 0.251 e. The number of nitrogens with zero attached hydrogens (tertiary/aromatic N) is 1. The van der Waals surface area contributed by atoms with Gasteiger partial charge in [0.25, 0.3) is 5.91 Å². The van der Waals surface area contributed by atoms with Crippen molar-refractivity contribution in [1.82, 2.24) is 15.6 Å². The Morgan fingerprint density at radius 2 is 1.86 bits per heavy atom. The third kappa shape index (κ3) is 5.75. The van der Waals surface area contributed by atoms with Crippen LogP contribution in [0, 0.1) is 5.92 Å². The van der Waals surface area contributed by atoms with E-state index < -0.39 is 6.10 Å². The minimum Gasteiger partial charge on any atom is -0.394 e. The summed E-state index contributed by atoms with van der Waals surface area (Å²) < 4.78 is 5.98. The highest BCUT2D eigenvalue weighted by Gasteiger charge is 2.32. The molecule has 1 aliphatic carbocycles. The van der Waals surface area contributed by atoms with E-state index in [9.17, 15) is 14.7 Å². The van der Waals surface area contributed by atoms with Crippen LogP contribution in [-0.4, -0.2) is 53.3 Å². The second-order valence-corrected chi connectivity index (χ2v) is 7.79. The maximum Gasteiger partial charge on any atom is 0.251 e. The quantitative estimate of drug-likeness (QED) is 0.660. The van der Waals surface area contributed by atoms with Gasteiger partial charge in [-0.25, -0.2) is 0 Å². The first-order chi connectivity index (χ1) is 13.7. The second kappa shape index (κ2) is 10.5. The van der Waals surface area contributed by atoms with Crippen LogP contribution < -0.4 is 10.6 Å². The molecule has 0 bridgehead atoms. The largest absolute Gasteiger partial charge is 0.394 e. The Kier molecular flexibility index (Phi) is 7.80. The van der Waals surface area contributed by atoms with Gasteiger partial charge in [0.1, 0.15) is 6.10 Å². The number of amides is 2. The summed E-state index contributed by atoms with van der Waals surface area (Å²) in [6.07, 6.45) is 10.5. The van der Waals surface area contributed by atoms with E-state index in [1.807, 2.05) is 0 Å². The van der Waals surface area contributed by atoms with E-state index in [-0.39, 0.29) is 36.5 Å². The fourth-order valence-electron chi connectivity index (χ4n) is 4.13. The van der Waals surface area contributed by atoms with Crippen molar-refractivity contribution in [2.75, 3.05) is 13.2 Å². The molecular formula is C21H31N3O4. The molecule has 7 heteroatoms. The van der Waals surface area contributed by atoms with Crippen LogP contribution in [0.3, 0.4) is 0 Å². The van der Waals surface area contributed by atoms with E-state index in [1.165, 1.54) is 6.42 Å². The number of hydrogen-bond donors (Lipinski definition) is 3. The Morgan fingerprint density at radius 3 is 2.57 bits per heavy atom. The van der Waals surface area contributed by atoms with Gasteiger partial charge in [0.05, 0.1) is 18.8 Å². The Balaban J connectivity index is 1.41. The SMILES string of the molecule is O=C(N[C@@H]1CC[C@@H](CCNC(=O)C2CCCCC2)O[C@@H]1CO)c1ccncc1. The number of aliphatic hydroxyl groups is 1. The first-order valence-corrected chi connectivity index (χ1v) is 10.4. The molecule has 2 aliphatic rings. The molecule has 1 saturated carbocycles. The summed E-state index contributed by atoms with van der Waals surface area (Å²) in [5, 5.41) is 15.7. The maximum absolute atomic E-state index is 12.3. The molecule has 2 heterocycles. The van der Waals surface area contributed by atoms with E-state index in [1.54, 1.807) is 24.5 Å². The van der Waals surface area contributed by atoms with Crippen molar-refractivity contribution in [3.63, 3.8) is 0 Å². The summed E-state index contributed by atoms with van der Waals surface area (Å²) in [4.78, 5) is 28.5. The van der Waals surface area contributed by atoms with Gasteiger partial charge in [-0.15, -0.1) is 0 Å². The molecule has 7 nitrogen and oxygen atoms in total. The van der Waals surface area contributed by atoms with Crippen LogP contribution in [0.2, 0.25) is 0 Å². The van der Waals surface area contributed by atoms with E-state index in [0.717, 1.165) is 44.9 Å². The summed E-state index contributed by atoms with van der Waals surface area (Å²) in [6.45, 7) is 0.443. The fraction of sp³-hybridized carbons (Fsp3) is 0.667. The summed E-state index contributed by atoms with van der Waals surface area (Å²) in [5.74, 6) is 0.142. The average Bonchev–Trinajstić information content (AvgIpc) is 2.75. The van der Waals surface area contributed by atoms with Gasteiger partial charge in [-0.3, -0.25) is 14.6 Å². The molecule has 3 N–H and O–H groups in total. The predicted molar refractivity (Wildman–Crippen MR) is 105 cm³/mol. The van der Waals surface area contributed by atoms with Crippen LogP contribution in [0.25, 0.3) is 0 Å². The van der Waals surface area contributed by atoms with E-state index in [0.29, 0.717) is 12.1 Å². The zero-order valence-electron chi connectivity index (χ0n) is 16.3. The van der Waals surface area contributed by atoms with Crippen molar-refractivity contribution >= 4 is 11.8 Å². The zero-order valence-corrected chi connectivity index (χ0v) is 16.3. The monoisotopic (exact) mass is 389 g/mol. The minimum absolute atomic E-state index is 0.0158. The number of aliphatic hydroxyl groups excluding tert-OH is 1. The van der Waals surface area contributed by atoms with Crippen molar-refractivity contribution in [3.05, 3.63) is 30.1 Å². The van der Waals surface area contributed by atoms with Gasteiger partial charge in [-0.05, 0) is 44.2 Å². The molecule has 1 aliphatic heterocycles. The van der Waals surface area contributed by atoms with Crippen molar-refractivity contribution in [3.8, 4) is 0 Å². The van der Waals surface area contributed by atoms with Crippen molar-refractivity contribution in [1.29, 1.82) is 0 Å². The number of aromatic nitrogens is 1. The van der Waals surface area contributed by atoms with Gasteiger partial charge in [0.2, 0.25) is 5.91 Å². The molecule has 2 fully saturated rings. The normalized spacial score (nSPS) is 25.8. The van der Waals surface area contributed by atoms with E-state index >= 15 is 0 Å². The Bertz CT molecular complexity index is 634. The molecule has 0 aromatic carbocycles. The molecule has 0 spiro atoms. The second-order valence-electron chi connectivity index (χ2n) is 7.79. The summed E-state index contributed by atoms with van der Waals surface area (Å²) in [6, 6.07) is 3.09. The first-order valence-electron chi connectivity index (χ1n) is 10.4. The lowest BCUT2D eigenvalue weighted by atomic mass is 9.88. The lowest BCUT2D eigenvalue weighted by Crippen LogP contribution is -2.51. The van der Waals surface area contributed by atoms with Crippen molar-refractivity contribution in [2.45, 2.75) is 69.6 Å². The summed E-state index contributed by atoms with van der Waals surface area (Å²) >= 11 is 0. The Morgan fingerprint density at radius 1 is 1.11 bits per heavy atom. The molecule has 1 aromatic rings. The maximum atomic E-state index is 12.3. The molecule has 154 valence electrons. The first kappa shape index (κ1) is 20.7. The summed E-state index contributed by atoms with van der Waals surface area (Å²) in [5.41, 5.74) is 0.541. The van der Waals surface area contributed by atoms with E-state index in [2.05, 4.69) is 15.6 Å². The topological polar surface area (TPSA) is 101 Å². The highest BCUT2D eigenvalue weighted by Crippen LogP contribution is 2.24. The number of hydrogen-bond acceptors (Lipinski definition) is 5. The van der Waals surface area contributed by atoms with Gasteiger partial charge < -0.3 is 20.5 Å². The lowest BCUT2D eigenvalue weighted by molar-refractivity contribution is -0.126. The molecule has 0 unspecified atom stereocenters. The van der Waals surface area contributed by atoms with Crippen molar-refractivity contribution < 1.29 is 19.4 Å². The average molecular weight is 389 g/mol. The van der Waals surface area contributed by atoms with Gasteiger partial charge >= 0.3 is 0 Å². The molecule has 28 heavy (non-hydrogen) atoms. The van der Waals surface area contributed by atoms with Gasteiger partial charge in [0.15, 0.2) is 0 Å².